The molecule has 2 aromatic rings. The van der Waals surface area contributed by atoms with Crippen LogP contribution in [0.15, 0.2) is 28.0 Å². The molecule has 1 aliphatic heterocycles. The van der Waals surface area contributed by atoms with E-state index in [9.17, 15) is 18.0 Å². The van der Waals surface area contributed by atoms with Gasteiger partial charge >= 0.3 is 11.9 Å². The predicted molar refractivity (Wildman–Crippen MR) is 95.4 cm³/mol. The number of aliphatic imine (C=N–C) groups is 1. The molecule has 0 amide bonds. The van der Waals surface area contributed by atoms with Gasteiger partial charge < -0.3 is 0 Å². The van der Waals surface area contributed by atoms with Gasteiger partial charge in [-0.2, -0.15) is 13.2 Å². The topological polar surface area (TPSA) is 39.3 Å². The maximum atomic E-state index is 15.4. The number of alkyl halides is 3. The number of aromatic nitrogens is 2. The van der Waals surface area contributed by atoms with Crippen LogP contribution in [0.2, 0.25) is 0 Å². The number of aryl methyl sites for hydroxylation is 1. The largest absolute Gasteiger partial charge is 0.399 e. The lowest BCUT2D eigenvalue weighted by molar-refractivity contribution is -0.192. The molecule has 0 saturated heterocycles. The van der Waals surface area contributed by atoms with Gasteiger partial charge in [-0.1, -0.05) is 0 Å². The lowest BCUT2D eigenvalue weighted by atomic mass is 9.76. The molecule has 4 rings (SSSR count). The molecule has 0 spiro atoms. The molecule has 144 valence electrons. The highest BCUT2D eigenvalue weighted by molar-refractivity contribution is 5.92. The Hall–Kier alpha value is -2.38. The Labute approximate surface area is 152 Å². The monoisotopic (exact) mass is 381 g/mol. The van der Waals surface area contributed by atoms with Crippen LogP contribution in [-0.2, 0) is 13.6 Å². The van der Waals surface area contributed by atoms with Gasteiger partial charge in [0.05, 0.1) is 12.1 Å². The smallest absolute Gasteiger partial charge is 0.292 e. The van der Waals surface area contributed by atoms with Crippen molar-refractivity contribution in [3.63, 3.8) is 0 Å². The van der Waals surface area contributed by atoms with Crippen molar-refractivity contribution in [1.82, 2.24) is 9.13 Å². The fourth-order valence-corrected chi connectivity index (χ4v) is 3.68. The first-order chi connectivity index (χ1) is 12.6. The molecule has 1 aromatic carbocycles. The zero-order valence-corrected chi connectivity index (χ0v) is 15.0. The number of allylic oxidation sites excluding steroid dienone is 1. The summed E-state index contributed by atoms with van der Waals surface area (Å²) in [5.74, 6) is -0.402. The molecule has 1 aromatic heterocycles. The standard InChI is InChI=1S/C19H19F4N3O/c1-18(19(21,22)23)10-24-8-7-13(18)12-5-6-14-16(15(12)20)25(2)17(27)26(14)9-11-3-4-11/h5-8,11H,3-4,9-10H2,1-2H3/t18-/m0/s1. The molecule has 4 nitrogen and oxygen atoms in total. The summed E-state index contributed by atoms with van der Waals surface area (Å²) in [4.78, 5) is 16.3. The molecule has 8 heteroatoms. The molecule has 1 saturated carbocycles. The molecule has 0 N–H and O–H groups in total. The van der Waals surface area contributed by atoms with E-state index in [2.05, 4.69) is 4.99 Å². The Morgan fingerprint density at radius 2 is 2.00 bits per heavy atom. The van der Waals surface area contributed by atoms with Gasteiger partial charge in [0.2, 0.25) is 0 Å². The van der Waals surface area contributed by atoms with E-state index in [1.54, 1.807) is 6.07 Å². The molecule has 0 radical (unpaired) electrons. The average molecular weight is 381 g/mol. The number of halogens is 4. The Bertz CT molecular complexity index is 1040. The number of fused-ring (bicyclic) bond motifs is 1. The summed E-state index contributed by atoms with van der Waals surface area (Å²) in [7, 11) is 1.45. The van der Waals surface area contributed by atoms with E-state index in [0.29, 0.717) is 18.0 Å². The van der Waals surface area contributed by atoms with Crippen LogP contribution in [0, 0.1) is 17.2 Å². The number of hydrogen-bond acceptors (Lipinski definition) is 2. The molecule has 0 unspecified atom stereocenters. The highest BCUT2D eigenvalue weighted by Gasteiger charge is 2.54. The fraction of sp³-hybridized carbons (Fsp3) is 0.474. The average Bonchev–Trinajstić information content (AvgIpc) is 3.38. The van der Waals surface area contributed by atoms with Gasteiger partial charge in [0, 0.05) is 25.4 Å². The zero-order chi connectivity index (χ0) is 19.6. The number of hydrogen-bond donors (Lipinski definition) is 0. The third kappa shape index (κ3) is 2.64. The van der Waals surface area contributed by atoms with E-state index in [1.165, 1.54) is 34.5 Å². The third-order valence-corrected chi connectivity index (χ3v) is 5.64. The van der Waals surface area contributed by atoms with Crippen molar-refractivity contribution in [2.75, 3.05) is 6.54 Å². The minimum atomic E-state index is -4.58. The number of rotatable bonds is 3. The molecule has 1 atom stereocenters. The second-order valence-corrected chi connectivity index (χ2v) is 7.59. The van der Waals surface area contributed by atoms with E-state index in [0.717, 1.165) is 19.8 Å². The van der Waals surface area contributed by atoms with Crippen LogP contribution < -0.4 is 5.69 Å². The van der Waals surface area contributed by atoms with E-state index in [1.807, 2.05) is 0 Å². The van der Waals surface area contributed by atoms with Gasteiger partial charge in [-0.3, -0.25) is 14.1 Å². The van der Waals surface area contributed by atoms with Crippen molar-refractivity contribution in [3.8, 4) is 0 Å². The van der Waals surface area contributed by atoms with Gasteiger partial charge in [-0.15, -0.1) is 0 Å². The van der Waals surface area contributed by atoms with Crippen molar-refractivity contribution >= 4 is 22.8 Å². The summed E-state index contributed by atoms with van der Waals surface area (Å²) in [6.45, 7) is 1.03. The molecule has 2 aliphatic rings. The SMILES string of the molecule is Cn1c(=O)n(CC2CC2)c2ccc(C3=CC=NC[C@]3(C)C(F)(F)F)c(F)c21. The van der Waals surface area contributed by atoms with Gasteiger partial charge in [0.1, 0.15) is 10.9 Å². The van der Waals surface area contributed by atoms with Crippen LogP contribution in [-0.4, -0.2) is 28.1 Å². The van der Waals surface area contributed by atoms with Crippen LogP contribution in [0.4, 0.5) is 17.6 Å². The Balaban J connectivity index is 1.92. The second kappa shape index (κ2) is 5.81. The van der Waals surface area contributed by atoms with Crippen molar-refractivity contribution in [2.24, 2.45) is 23.4 Å². The summed E-state index contributed by atoms with van der Waals surface area (Å²) in [6.07, 6.45) is -0.0504. The van der Waals surface area contributed by atoms with E-state index in [-0.39, 0.29) is 22.3 Å². The number of dihydropyridines is 1. The normalized spacial score (nSPS) is 23.1. The summed E-state index contributed by atoms with van der Waals surface area (Å²) < 4.78 is 59.2. The summed E-state index contributed by atoms with van der Waals surface area (Å²) >= 11 is 0. The van der Waals surface area contributed by atoms with E-state index >= 15 is 4.39 Å². The molecule has 1 aliphatic carbocycles. The number of benzene rings is 1. The first-order valence-electron chi connectivity index (χ1n) is 8.80. The Morgan fingerprint density at radius 1 is 1.30 bits per heavy atom. The Kier molecular flexibility index (Phi) is 3.87. The quantitative estimate of drug-likeness (QED) is 0.743. The van der Waals surface area contributed by atoms with E-state index in [4.69, 9.17) is 0 Å². The second-order valence-electron chi connectivity index (χ2n) is 7.59. The van der Waals surface area contributed by atoms with Crippen LogP contribution in [0.5, 0.6) is 0 Å². The molecule has 1 fully saturated rings. The third-order valence-electron chi connectivity index (χ3n) is 5.64. The minimum absolute atomic E-state index is 0.0334. The summed E-state index contributed by atoms with van der Waals surface area (Å²) in [6, 6.07) is 2.89. The minimum Gasteiger partial charge on any atom is -0.292 e. The maximum absolute atomic E-state index is 15.4. The van der Waals surface area contributed by atoms with Gasteiger partial charge in [-0.25, -0.2) is 9.18 Å². The predicted octanol–water partition coefficient (Wildman–Crippen LogP) is 3.93. The molecule has 2 heterocycles. The van der Waals surface area contributed by atoms with Crippen LogP contribution in [0.25, 0.3) is 16.6 Å². The van der Waals surface area contributed by atoms with Gasteiger partial charge in [0.25, 0.3) is 0 Å². The molecular weight excluding hydrogens is 362 g/mol. The van der Waals surface area contributed by atoms with Crippen molar-refractivity contribution < 1.29 is 17.6 Å². The summed E-state index contributed by atoms with van der Waals surface area (Å²) in [5.41, 5.74) is -2.52. The van der Waals surface area contributed by atoms with Crippen LogP contribution >= 0.6 is 0 Å². The lowest BCUT2D eigenvalue weighted by Crippen LogP contribution is -2.40. The van der Waals surface area contributed by atoms with Crippen molar-refractivity contribution in [1.29, 1.82) is 0 Å². The molecule has 0 bridgehead atoms. The van der Waals surface area contributed by atoms with E-state index < -0.39 is 24.0 Å². The number of nitrogens with zero attached hydrogens (tertiary/aromatic N) is 3. The van der Waals surface area contributed by atoms with Crippen molar-refractivity contribution in [3.05, 3.63) is 40.1 Å². The molecular formula is C19H19F4N3O. The first-order valence-corrected chi connectivity index (χ1v) is 8.80. The molecule has 27 heavy (non-hydrogen) atoms. The van der Waals surface area contributed by atoms with Gasteiger partial charge in [-0.05, 0) is 49.5 Å². The van der Waals surface area contributed by atoms with Gasteiger partial charge in [0.15, 0.2) is 5.82 Å². The van der Waals surface area contributed by atoms with Crippen LogP contribution in [0.1, 0.15) is 25.3 Å². The summed E-state index contributed by atoms with van der Waals surface area (Å²) in [5, 5.41) is 0. The Morgan fingerprint density at radius 3 is 2.63 bits per heavy atom. The highest BCUT2D eigenvalue weighted by atomic mass is 19.4. The highest BCUT2D eigenvalue weighted by Crippen LogP contribution is 2.50. The fourth-order valence-electron chi connectivity index (χ4n) is 3.68. The van der Waals surface area contributed by atoms with Crippen LogP contribution in [0.3, 0.4) is 0 Å². The first kappa shape index (κ1) is 18.0. The van der Waals surface area contributed by atoms with Crippen molar-refractivity contribution in [2.45, 2.75) is 32.5 Å². The zero-order valence-electron chi connectivity index (χ0n) is 15.0. The lowest BCUT2D eigenvalue weighted by Gasteiger charge is -2.35. The number of imidazole rings is 1. The maximum Gasteiger partial charge on any atom is 0.399 e.